The average molecular weight is 278 g/mol. The summed E-state index contributed by atoms with van der Waals surface area (Å²) in [6.45, 7) is 10.8. The van der Waals surface area contributed by atoms with E-state index in [1.165, 1.54) is 16.7 Å². The Bertz CT molecular complexity index is 726. The summed E-state index contributed by atoms with van der Waals surface area (Å²) in [4.78, 5) is 9.57. The van der Waals surface area contributed by atoms with Gasteiger partial charge in [0.1, 0.15) is 0 Å². The first kappa shape index (κ1) is 14.0. The Morgan fingerprint density at radius 3 is 2.52 bits per heavy atom. The topological polar surface area (TPSA) is 25.2 Å². The van der Waals surface area contributed by atoms with Crippen LogP contribution in [0.5, 0.6) is 0 Å². The lowest BCUT2D eigenvalue weighted by Crippen LogP contribution is -2.33. The highest BCUT2D eigenvalue weighted by molar-refractivity contribution is 6.14. The van der Waals surface area contributed by atoms with E-state index in [0.29, 0.717) is 5.92 Å². The van der Waals surface area contributed by atoms with E-state index in [4.69, 9.17) is 4.99 Å². The van der Waals surface area contributed by atoms with Gasteiger partial charge in [0.05, 0.1) is 11.3 Å². The van der Waals surface area contributed by atoms with Crippen molar-refractivity contribution in [2.24, 2.45) is 4.99 Å². The lowest BCUT2D eigenvalue weighted by Gasteiger charge is -2.35. The van der Waals surface area contributed by atoms with Crippen LogP contribution in [0, 0.1) is 13.8 Å². The summed E-state index contributed by atoms with van der Waals surface area (Å²) in [5.41, 5.74) is 7.01. The van der Waals surface area contributed by atoms with E-state index in [9.17, 15) is 0 Å². The van der Waals surface area contributed by atoms with Crippen molar-refractivity contribution in [3.05, 3.63) is 64.5 Å². The second-order valence-electron chi connectivity index (χ2n) is 6.55. The Morgan fingerprint density at radius 2 is 1.81 bits per heavy atom. The second kappa shape index (κ2) is 4.80. The molecule has 0 amide bonds. The smallest absolute Gasteiger partial charge is 0.0744 e. The molecule has 0 bridgehead atoms. The van der Waals surface area contributed by atoms with Gasteiger partial charge in [-0.2, -0.15) is 0 Å². The van der Waals surface area contributed by atoms with Gasteiger partial charge in [-0.15, -0.1) is 0 Å². The van der Waals surface area contributed by atoms with E-state index in [1.54, 1.807) is 0 Å². The normalized spacial score (nSPS) is 19.9. The molecule has 0 N–H and O–H groups in total. The molecule has 1 unspecified atom stereocenters. The van der Waals surface area contributed by atoms with E-state index >= 15 is 0 Å². The Balaban J connectivity index is 2.23. The fourth-order valence-electron chi connectivity index (χ4n) is 2.91. The molecule has 0 radical (unpaired) electrons. The van der Waals surface area contributed by atoms with E-state index in [-0.39, 0.29) is 5.54 Å². The molecule has 108 valence electrons. The first-order chi connectivity index (χ1) is 9.90. The van der Waals surface area contributed by atoms with Gasteiger partial charge in [0.25, 0.3) is 0 Å². The summed E-state index contributed by atoms with van der Waals surface area (Å²) in [6, 6.07) is 10.8. The zero-order valence-corrected chi connectivity index (χ0v) is 13.4. The SMILES string of the molecule is Cc1cc(C2=NC(C)(C)C(C)c3ccccc32)cnc1C. The van der Waals surface area contributed by atoms with E-state index in [0.717, 1.165) is 17.0 Å². The Labute approximate surface area is 127 Å². The Hall–Kier alpha value is -1.96. The maximum Gasteiger partial charge on any atom is 0.0744 e. The molecule has 1 atom stereocenters. The minimum absolute atomic E-state index is 0.0948. The van der Waals surface area contributed by atoms with Crippen molar-refractivity contribution in [1.82, 2.24) is 4.98 Å². The van der Waals surface area contributed by atoms with Crippen LogP contribution >= 0.6 is 0 Å². The van der Waals surface area contributed by atoms with Crippen molar-refractivity contribution >= 4 is 5.71 Å². The number of aryl methyl sites for hydroxylation is 2. The van der Waals surface area contributed by atoms with Crippen LogP contribution in [0.25, 0.3) is 0 Å². The maximum atomic E-state index is 5.05. The van der Waals surface area contributed by atoms with Crippen LogP contribution in [-0.4, -0.2) is 16.2 Å². The lowest BCUT2D eigenvalue weighted by atomic mass is 9.77. The molecule has 21 heavy (non-hydrogen) atoms. The van der Waals surface area contributed by atoms with Gasteiger partial charge in [-0.25, -0.2) is 0 Å². The third kappa shape index (κ3) is 2.29. The predicted octanol–water partition coefficient (Wildman–Crippen LogP) is 4.43. The average Bonchev–Trinajstić information content (AvgIpc) is 2.46. The standard InChI is InChI=1S/C19H22N2/c1-12-10-15(11-20-14(12)3)18-17-9-7-6-8-16(17)13(2)19(4,5)21-18/h6-11,13H,1-5H3. The summed E-state index contributed by atoms with van der Waals surface area (Å²) in [5, 5.41) is 0. The summed E-state index contributed by atoms with van der Waals surface area (Å²) < 4.78 is 0. The number of rotatable bonds is 1. The number of nitrogens with zero attached hydrogens (tertiary/aromatic N) is 2. The molecule has 1 aromatic carbocycles. The molecule has 1 aliphatic rings. The number of pyridine rings is 1. The second-order valence-corrected chi connectivity index (χ2v) is 6.55. The Kier molecular flexibility index (Phi) is 3.20. The van der Waals surface area contributed by atoms with Crippen LogP contribution in [0.3, 0.4) is 0 Å². The third-order valence-corrected chi connectivity index (χ3v) is 4.76. The molecule has 0 saturated heterocycles. The number of fused-ring (bicyclic) bond motifs is 1. The highest BCUT2D eigenvalue weighted by Crippen LogP contribution is 2.38. The predicted molar refractivity (Wildman–Crippen MR) is 88.3 cm³/mol. The molecule has 0 aliphatic carbocycles. The summed E-state index contributed by atoms with van der Waals surface area (Å²) in [7, 11) is 0. The maximum absolute atomic E-state index is 5.05. The number of benzene rings is 1. The molecule has 2 heteroatoms. The first-order valence-electron chi connectivity index (χ1n) is 7.53. The van der Waals surface area contributed by atoms with Gasteiger partial charge in [-0.3, -0.25) is 9.98 Å². The van der Waals surface area contributed by atoms with E-state index in [1.807, 2.05) is 13.1 Å². The van der Waals surface area contributed by atoms with Crippen molar-refractivity contribution in [1.29, 1.82) is 0 Å². The highest BCUT2D eigenvalue weighted by Gasteiger charge is 2.34. The monoisotopic (exact) mass is 278 g/mol. The molecule has 0 saturated carbocycles. The molecule has 0 fully saturated rings. The van der Waals surface area contributed by atoms with Crippen molar-refractivity contribution in [2.75, 3.05) is 0 Å². The molecule has 1 aromatic heterocycles. The van der Waals surface area contributed by atoms with E-state index in [2.05, 4.69) is 63.0 Å². The van der Waals surface area contributed by atoms with Crippen molar-refractivity contribution in [3.8, 4) is 0 Å². The fourth-order valence-corrected chi connectivity index (χ4v) is 2.91. The minimum atomic E-state index is -0.0948. The third-order valence-electron chi connectivity index (χ3n) is 4.76. The summed E-state index contributed by atoms with van der Waals surface area (Å²) in [5.74, 6) is 0.414. The van der Waals surface area contributed by atoms with Gasteiger partial charge in [0.2, 0.25) is 0 Å². The zero-order chi connectivity index (χ0) is 15.2. The molecule has 2 heterocycles. The van der Waals surface area contributed by atoms with Crippen LogP contribution < -0.4 is 0 Å². The van der Waals surface area contributed by atoms with Crippen LogP contribution in [0.4, 0.5) is 0 Å². The van der Waals surface area contributed by atoms with Gasteiger partial charge < -0.3 is 0 Å². The highest BCUT2D eigenvalue weighted by atomic mass is 14.9. The van der Waals surface area contributed by atoms with Gasteiger partial charge in [-0.1, -0.05) is 31.2 Å². The summed E-state index contributed by atoms with van der Waals surface area (Å²) in [6.07, 6.45) is 1.95. The van der Waals surface area contributed by atoms with Crippen LogP contribution in [0.15, 0.2) is 41.5 Å². The van der Waals surface area contributed by atoms with Gasteiger partial charge in [-0.05, 0) is 44.9 Å². The van der Waals surface area contributed by atoms with Gasteiger partial charge in [0, 0.05) is 28.9 Å². The molecule has 3 rings (SSSR count). The molecular weight excluding hydrogens is 256 g/mol. The quantitative estimate of drug-likeness (QED) is 0.757. The van der Waals surface area contributed by atoms with Crippen molar-refractivity contribution in [3.63, 3.8) is 0 Å². The van der Waals surface area contributed by atoms with Crippen molar-refractivity contribution in [2.45, 2.75) is 46.1 Å². The lowest BCUT2D eigenvalue weighted by molar-refractivity contribution is 0.432. The number of hydrogen-bond acceptors (Lipinski definition) is 2. The first-order valence-corrected chi connectivity index (χ1v) is 7.53. The summed E-state index contributed by atoms with van der Waals surface area (Å²) >= 11 is 0. The van der Waals surface area contributed by atoms with Crippen LogP contribution in [0.1, 0.15) is 54.6 Å². The minimum Gasteiger partial charge on any atom is -0.277 e. The van der Waals surface area contributed by atoms with Crippen LogP contribution in [-0.2, 0) is 0 Å². The fraction of sp³-hybridized carbons (Fsp3) is 0.368. The van der Waals surface area contributed by atoms with Crippen LogP contribution in [0.2, 0.25) is 0 Å². The number of aliphatic imine (C=N–C) groups is 1. The zero-order valence-electron chi connectivity index (χ0n) is 13.4. The van der Waals surface area contributed by atoms with Gasteiger partial charge in [0.15, 0.2) is 0 Å². The van der Waals surface area contributed by atoms with Gasteiger partial charge >= 0.3 is 0 Å². The molecule has 1 aliphatic heterocycles. The molecule has 0 spiro atoms. The Morgan fingerprint density at radius 1 is 1.10 bits per heavy atom. The molecular formula is C19H22N2. The number of hydrogen-bond donors (Lipinski definition) is 0. The number of aromatic nitrogens is 1. The molecule has 2 aromatic rings. The van der Waals surface area contributed by atoms with Crippen molar-refractivity contribution < 1.29 is 0 Å². The van der Waals surface area contributed by atoms with E-state index < -0.39 is 0 Å². The largest absolute Gasteiger partial charge is 0.277 e. The molecule has 2 nitrogen and oxygen atoms in total.